The third-order valence-electron chi connectivity index (χ3n) is 3.33. The molecule has 22 heavy (non-hydrogen) atoms. The summed E-state index contributed by atoms with van der Waals surface area (Å²) < 4.78 is 0. The zero-order valence-corrected chi connectivity index (χ0v) is 15.9. The van der Waals surface area contributed by atoms with Crippen LogP contribution in [0.15, 0.2) is 24.3 Å². The summed E-state index contributed by atoms with van der Waals surface area (Å²) in [5.41, 5.74) is 2.68. The molecule has 0 fully saturated rings. The van der Waals surface area contributed by atoms with Crippen molar-refractivity contribution < 1.29 is 0 Å². The molecule has 0 radical (unpaired) electrons. The highest BCUT2D eigenvalue weighted by atomic mass is 32.1. The van der Waals surface area contributed by atoms with Crippen LogP contribution in [0.4, 0.5) is 5.69 Å². The Hall–Kier alpha value is -1.29. The molecule has 0 unspecified atom stereocenters. The van der Waals surface area contributed by atoms with E-state index in [1.165, 1.54) is 11.3 Å². The Morgan fingerprint density at radius 3 is 2.05 bits per heavy atom. The summed E-state index contributed by atoms with van der Waals surface area (Å²) >= 11 is 5.43. The van der Waals surface area contributed by atoms with Gasteiger partial charge in [0.1, 0.15) is 0 Å². The monoisotopic (exact) mass is 321 g/mol. The van der Waals surface area contributed by atoms with E-state index in [0.29, 0.717) is 5.11 Å². The summed E-state index contributed by atoms with van der Waals surface area (Å²) in [6, 6.07) is 8.50. The van der Waals surface area contributed by atoms with Gasteiger partial charge in [-0.1, -0.05) is 32.9 Å². The van der Waals surface area contributed by atoms with Gasteiger partial charge in [-0.25, -0.2) is 0 Å². The number of nitrogens with one attached hydrogen (secondary N) is 2. The van der Waals surface area contributed by atoms with Gasteiger partial charge in [0.2, 0.25) is 0 Å². The summed E-state index contributed by atoms with van der Waals surface area (Å²) in [5.74, 6) is 0. The fourth-order valence-corrected chi connectivity index (χ4v) is 3.16. The van der Waals surface area contributed by atoms with Crippen LogP contribution in [0.3, 0.4) is 0 Å². The second-order valence-corrected chi connectivity index (χ2v) is 8.40. The summed E-state index contributed by atoms with van der Waals surface area (Å²) in [7, 11) is 4.09. The van der Waals surface area contributed by atoms with Crippen molar-refractivity contribution in [1.82, 2.24) is 10.6 Å². The molecule has 1 aromatic rings. The van der Waals surface area contributed by atoms with Crippen LogP contribution in [-0.2, 0) is 6.54 Å². The molecule has 0 aliphatic carbocycles. The van der Waals surface area contributed by atoms with Crippen molar-refractivity contribution in [3.8, 4) is 0 Å². The molecule has 0 amide bonds. The van der Waals surface area contributed by atoms with Gasteiger partial charge in [0.15, 0.2) is 5.11 Å². The van der Waals surface area contributed by atoms with Crippen molar-refractivity contribution in [2.45, 2.75) is 53.1 Å². The minimum atomic E-state index is -0.0168. The normalized spacial score (nSPS) is 12.0. The number of hydrogen-bond donors (Lipinski definition) is 2. The van der Waals surface area contributed by atoms with Crippen LogP contribution in [0.1, 0.15) is 46.6 Å². The second kappa shape index (κ2) is 7.32. The van der Waals surface area contributed by atoms with Gasteiger partial charge in [0.05, 0.1) is 0 Å². The molecule has 0 saturated heterocycles. The number of thiocarbonyl (C=S) groups is 1. The fraction of sp³-hybridized carbons (Fsp3) is 0.611. The molecule has 124 valence electrons. The first kappa shape index (κ1) is 18.8. The third-order valence-corrected chi connectivity index (χ3v) is 3.58. The van der Waals surface area contributed by atoms with Gasteiger partial charge in [-0.05, 0) is 55.6 Å². The summed E-state index contributed by atoms with van der Waals surface area (Å²) in [4.78, 5) is 2.10. The Balaban J connectivity index is 2.49. The van der Waals surface area contributed by atoms with Crippen molar-refractivity contribution in [1.29, 1.82) is 0 Å². The zero-order valence-electron chi connectivity index (χ0n) is 15.1. The van der Waals surface area contributed by atoms with E-state index in [1.54, 1.807) is 0 Å². The minimum absolute atomic E-state index is 0.0168. The lowest BCUT2D eigenvalue weighted by Gasteiger charge is -2.34. The molecule has 0 aliphatic heterocycles. The van der Waals surface area contributed by atoms with Crippen LogP contribution in [0, 0.1) is 5.41 Å². The summed E-state index contributed by atoms with van der Waals surface area (Å²) in [5, 5.41) is 7.43. The number of hydrogen-bond acceptors (Lipinski definition) is 2. The Morgan fingerprint density at radius 2 is 1.59 bits per heavy atom. The van der Waals surface area contributed by atoms with E-state index in [4.69, 9.17) is 12.2 Å². The van der Waals surface area contributed by atoms with E-state index < -0.39 is 0 Å². The molecular weight excluding hydrogens is 290 g/mol. The van der Waals surface area contributed by atoms with Crippen LogP contribution in [-0.4, -0.2) is 24.7 Å². The van der Waals surface area contributed by atoms with Crippen LogP contribution in [0.5, 0.6) is 0 Å². The Kier molecular flexibility index (Phi) is 6.24. The maximum Gasteiger partial charge on any atom is 0.166 e. The quantitative estimate of drug-likeness (QED) is 0.804. The van der Waals surface area contributed by atoms with Crippen molar-refractivity contribution in [3.63, 3.8) is 0 Å². The number of nitrogens with zero attached hydrogens (tertiary/aromatic N) is 1. The largest absolute Gasteiger partial charge is 0.378 e. The highest BCUT2D eigenvalue weighted by Gasteiger charge is 2.25. The van der Waals surface area contributed by atoms with E-state index in [1.807, 2.05) is 14.1 Å². The maximum atomic E-state index is 5.43. The van der Waals surface area contributed by atoms with Gasteiger partial charge in [-0.15, -0.1) is 0 Å². The molecule has 3 nitrogen and oxygen atoms in total. The molecule has 4 heteroatoms. The highest BCUT2D eigenvalue weighted by Crippen LogP contribution is 2.26. The maximum absolute atomic E-state index is 5.43. The van der Waals surface area contributed by atoms with Crippen LogP contribution < -0.4 is 15.5 Å². The molecule has 2 N–H and O–H groups in total. The Morgan fingerprint density at radius 1 is 1.05 bits per heavy atom. The second-order valence-electron chi connectivity index (χ2n) is 7.99. The molecule has 0 aromatic heterocycles. The summed E-state index contributed by atoms with van der Waals surface area (Å²) in [6.07, 6.45) is 1.05. The average molecular weight is 322 g/mol. The van der Waals surface area contributed by atoms with E-state index in [-0.39, 0.29) is 11.0 Å². The van der Waals surface area contributed by atoms with Gasteiger partial charge in [0, 0.05) is 31.9 Å². The van der Waals surface area contributed by atoms with Crippen molar-refractivity contribution in [3.05, 3.63) is 29.8 Å². The van der Waals surface area contributed by atoms with Crippen LogP contribution in [0.25, 0.3) is 0 Å². The molecule has 0 heterocycles. The number of benzene rings is 1. The van der Waals surface area contributed by atoms with Crippen molar-refractivity contribution >= 4 is 23.0 Å². The minimum Gasteiger partial charge on any atom is -0.378 e. The topological polar surface area (TPSA) is 27.3 Å². The SMILES string of the molecule is CN(C)c1ccc(CNC(=S)NC(C)(C)CC(C)(C)C)cc1. The first-order chi connectivity index (χ1) is 9.98. The Labute approximate surface area is 141 Å². The molecule has 0 bridgehead atoms. The van der Waals surface area contributed by atoms with E-state index in [0.717, 1.165) is 13.0 Å². The highest BCUT2D eigenvalue weighted by molar-refractivity contribution is 7.80. The first-order valence-corrected chi connectivity index (χ1v) is 8.22. The van der Waals surface area contributed by atoms with Crippen LogP contribution in [0.2, 0.25) is 0 Å². The molecule has 1 rings (SSSR count). The third kappa shape index (κ3) is 7.12. The first-order valence-electron chi connectivity index (χ1n) is 7.81. The lowest BCUT2D eigenvalue weighted by molar-refractivity contribution is 0.266. The standard InChI is InChI=1S/C18H31N3S/c1-17(2,3)13-18(4,5)20-16(22)19-12-14-8-10-15(11-9-14)21(6)7/h8-11H,12-13H2,1-7H3,(H2,19,20,22). The lowest BCUT2D eigenvalue weighted by Crippen LogP contribution is -2.49. The molecule has 0 spiro atoms. The predicted octanol–water partition coefficient (Wildman–Crippen LogP) is 3.93. The average Bonchev–Trinajstić information content (AvgIpc) is 2.33. The Bertz CT molecular complexity index is 484. The predicted molar refractivity (Wildman–Crippen MR) is 101 cm³/mol. The van der Waals surface area contributed by atoms with Gasteiger partial charge in [-0.2, -0.15) is 0 Å². The van der Waals surface area contributed by atoms with E-state index >= 15 is 0 Å². The number of anilines is 1. The van der Waals surface area contributed by atoms with Gasteiger partial charge >= 0.3 is 0 Å². The van der Waals surface area contributed by atoms with Gasteiger partial charge in [-0.3, -0.25) is 0 Å². The van der Waals surface area contributed by atoms with E-state index in [9.17, 15) is 0 Å². The smallest absolute Gasteiger partial charge is 0.166 e. The van der Waals surface area contributed by atoms with Crippen LogP contribution >= 0.6 is 12.2 Å². The fourth-order valence-electron chi connectivity index (χ4n) is 2.82. The molecular formula is C18H31N3S. The summed E-state index contributed by atoms with van der Waals surface area (Å²) in [6.45, 7) is 11.9. The van der Waals surface area contributed by atoms with E-state index in [2.05, 4.69) is 74.4 Å². The van der Waals surface area contributed by atoms with Gasteiger partial charge < -0.3 is 15.5 Å². The zero-order chi connectivity index (χ0) is 17.0. The van der Waals surface area contributed by atoms with Crippen molar-refractivity contribution in [2.24, 2.45) is 5.41 Å². The lowest BCUT2D eigenvalue weighted by atomic mass is 9.82. The molecule has 0 atom stereocenters. The molecule has 1 aromatic carbocycles. The van der Waals surface area contributed by atoms with Gasteiger partial charge in [0.25, 0.3) is 0 Å². The van der Waals surface area contributed by atoms with Crippen molar-refractivity contribution in [2.75, 3.05) is 19.0 Å². The molecule has 0 aliphatic rings. The molecule has 0 saturated carbocycles. The number of rotatable bonds is 5.